The first-order valence-corrected chi connectivity index (χ1v) is 10.2. The summed E-state index contributed by atoms with van der Waals surface area (Å²) in [6, 6.07) is 7.12. The minimum Gasteiger partial charge on any atom is -0.428 e. The third kappa shape index (κ3) is 6.20. The molecule has 0 spiro atoms. The smallest absolute Gasteiger partial charge is 0.193 e. The van der Waals surface area contributed by atoms with Gasteiger partial charge < -0.3 is 10.3 Å². The molecule has 1 heterocycles. The summed E-state index contributed by atoms with van der Waals surface area (Å²) in [4.78, 5) is 12.8. The summed E-state index contributed by atoms with van der Waals surface area (Å²) < 4.78 is 1.11. The highest BCUT2D eigenvalue weighted by Gasteiger charge is 2.12. The summed E-state index contributed by atoms with van der Waals surface area (Å²) >= 11 is 0. The number of aliphatic hydroxyl groups is 1. The number of aliphatic hydroxyl groups excluding tert-OH is 1. The highest BCUT2D eigenvalue weighted by atomic mass is 16.5. The number of allylic oxidation sites excluding steroid dienone is 4. The highest BCUT2D eigenvalue weighted by molar-refractivity contribution is 5.79. The molecule has 0 radical (unpaired) electrons. The van der Waals surface area contributed by atoms with Gasteiger partial charge in [-0.3, -0.25) is 4.79 Å². The molecule has 0 aliphatic rings. The van der Waals surface area contributed by atoms with Gasteiger partial charge in [0.2, 0.25) is 0 Å². The number of hydrogen-bond acceptors (Lipinski definition) is 3. The zero-order chi connectivity index (χ0) is 21.6. The molecular weight excluding hydrogens is 362 g/mol. The third-order valence-corrected chi connectivity index (χ3v) is 5.15. The Morgan fingerprint density at radius 1 is 1.10 bits per heavy atom. The van der Waals surface area contributed by atoms with Crippen LogP contribution in [0.25, 0.3) is 10.9 Å². The van der Waals surface area contributed by atoms with Crippen LogP contribution >= 0.6 is 0 Å². The number of hydrogen-bond donors (Lipinski definition) is 2. The molecule has 2 rings (SSSR count). The zero-order valence-electron chi connectivity index (χ0n) is 18.2. The summed E-state index contributed by atoms with van der Waals surface area (Å²) in [5, 5.41) is 20.9. The van der Waals surface area contributed by atoms with Crippen LogP contribution in [0.4, 0.5) is 0 Å². The van der Waals surface area contributed by atoms with E-state index in [1.54, 1.807) is 19.1 Å². The fourth-order valence-electron chi connectivity index (χ4n) is 3.51. The molecule has 2 aromatic rings. The molecular formula is C25H33NO3. The molecule has 2 N–H and O–H groups in total. The second-order valence-electron chi connectivity index (χ2n) is 8.08. The van der Waals surface area contributed by atoms with E-state index in [9.17, 15) is 15.1 Å². The molecule has 0 unspecified atom stereocenters. The van der Waals surface area contributed by atoms with Gasteiger partial charge in [-0.1, -0.05) is 47.1 Å². The standard InChI is InChI=1S/C25H33NO3/c1-17(2)15-21(27)16-19(4)10-8-9-18(3)13-14-22-20(5)26(29)24-12-7-6-11-23(24)25(22)28/h6-7,10-13,15,21,27,29H,8-9,14,16H2,1-5H3/b18-13+,19-10+/t21-/m1/s1. The fraction of sp³-hybridized carbons (Fsp3) is 0.400. The topological polar surface area (TPSA) is 62.5 Å². The van der Waals surface area contributed by atoms with E-state index in [1.165, 1.54) is 11.1 Å². The van der Waals surface area contributed by atoms with Crippen LogP contribution in [0.5, 0.6) is 0 Å². The second kappa shape index (κ2) is 10.3. The molecule has 1 atom stereocenters. The number of fused-ring (bicyclic) bond motifs is 1. The predicted molar refractivity (Wildman–Crippen MR) is 121 cm³/mol. The molecule has 0 aliphatic heterocycles. The Morgan fingerprint density at radius 3 is 2.48 bits per heavy atom. The molecule has 0 amide bonds. The van der Waals surface area contributed by atoms with Gasteiger partial charge in [-0.25, -0.2) is 0 Å². The maximum absolute atomic E-state index is 12.8. The van der Waals surface area contributed by atoms with Gasteiger partial charge in [0.1, 0.15) is 0 Å². The van der Waals surface area contributed by atoms with E-state index in [0.29, 0.717) is 35.0 Å². The summed E-state index contributed by atoms with van der Waals surface area (Å²) in [6.07, 6.45) is 8.64. The largest absolute Gasteiger partial charge is 0.428 e. The monoisotopic (exact) mass is 395 g/mol. The lowest BCUT2D eigenvalue weighted by Crippen LogP contribution is -2.17. The third-order valence-electron chi connectivity index (χ3n) is 5.15. The van der Waals surface area contributed by atoms with Crippen molar-refractivity contribution in [2.75, 3.05) is 0 Å². The number of aromatic nitrogens is 1. The summed E-state index contributed by atoms with van der Waals surface area (Å²) in [5.74, 6) is 0. The fourth-order valence-corrected chi connectivity index (χ4v) is 3.51. The van der Waals surface area contributed by atoms with E-state index in [2.05, 4.69) is 19.1 Å². The van der Waals surface area contributed by atoms with Gasteiger partial charge in [-0.2, -0.15) is 4.73 Å². The van der Waals surface area contributed by atoms with E-state index in [1.807, 2.05) is 39.0 Å². The van der Waals surface area contributed by atoms with E-state index < -0.39 is 6.10 Å². The Kier molecular flexibility index (Phi) is 8.03. The van der Waals surface area contributed by atoms with Crippen molar-refractivity contribution in [1.82, 2.24) is 4.73 Å². The van der Waals surface area contributed by atoms with E-state index in [4.69, 9.17) is 0 Å². The molecule has 4 heteroatoms. The van der Waals surface area contributed by atoms with Crippen molar-refractivity contribution in [3.8, 4) is 0 Å². The predicted octanol–water partition coefficient (Wildman–Crippen LogP) is 5.48. The van der Waals surface area contributed by atoms with Gasteiger partial charge in [0, 0.05) is 10.9 Å². The van der Waals surface area contributed by atoms with Crippen molar-refractivity contribution in [2.45, 2.75) is 66.4 Å². The number of para-hydroxylation sites is 1. The lowest BCUT2D eigenvalue weighted by molar-refractivity contribution is 0.190. The first-order chi connectivity index (χ1) is 13.7. The van der Waals surface area contributed by atoms with Crippen molar-refractivity contribution in [3.63, 3.8) is 0 Å². The van der Waals surface area contributed by atoms with Crippen LogP contribution in [-0.4, -0.2) is 21.1 Å². The van der Waals surface area contributed by atoms with Gasteiger partial charge >= 0.3 is 0 Å². The first kappa shape index (κ1) is 22.7. The Morgan fingerprint density at radius 2 is 1.79 bits per heavy atom. The number of rotatable bonds is 8. The summed E-state index contributed by atoms with van der Waals surface area (Å²) in [7, 11) is 0. The molecule has 0 bridgehead atoms. The van der Waals surface area contributed by atoms with Crippen LogP contribution in [0.3, 0.4) is 0 Å². The average molecular weight is 396 g/mol. The van der Waals surface area contributed by atoms with Crippen LogP contribution in [-0.2, 0) is 6.42 Å². The minimum absolute atomic E-state index is 0.0172. The minimum atomic E-state index is -0.426. The maximum atomic E-state index is 12.8. The Bertz CT molecular complexity index is 1000. The van der Waals surface area contributed by atoms with Crippen LogP contribution in [0.15, 0.2) is 64.0 Å². The first-order valence-electron chi connectivity index (χ1n) is 10.2. The second-order valence-corrected chi connectivity index (χ2v) is 8.08. The average Bonchev–Trinajstić information content (AvgIpc) is 2.65. The molecule has 0 saturated heterocycles. The van der Waals surface area contributed by atoms with Gasteiger partial charge in [-0.15, -0.1) is 0 Å². The van der Waals surface area contributed by atoms with Crippen molar-refractivity contribution in [1.29, 1.82) is 0 Å². The number of pyridine rings is 1. The normalized spacial score (nSPS) is 13.6. The van der Waals surface area contributed by atoms with Crippen molar-refractivity contribution < 1.29 is 10.3 Å². The van der Waals surface area contributed by atoms with Crippen LogP contribution < -0.4 is 5.43 Å². The van der Waals surface area contributed by atoms with E-state index >= 15 is 0 Å². The Balaban J connectivity index is 2.04. The molecule has 1 aromatic carbocycles. The van der Waals surface area contributed by atoms with Crippen molar-refractivity contribution in [3.05, 3.63) is 80.7 Å². The maximum Gasteiger partial charge on any atom is 0.193 e. The van der Waals surface area contributed by atoms with Crippen LogP contribution in [0.2, 0.25) is 0 Å². The lowest BCUT2D eigenvalue weighted by Gasteiger charge is -2.12. The Hall–Kier alpha value is -2.59. The molecule has 1 aromatic heterocycles. The van der Waals surface area contributed by atoms with Gasteiger partial charge in [-0.05, 0) is 72.4 Å². The van der Waals surface area contributed by atoms with Crippen LogP contribution in [0, 0.1) is 6.92 Å². The SMILES string of the molecule is CC(C)=C[C@@H](O)C/C(C)=C/CC/C(C)=C/Cc1c(C)n(O)c2ccccc2c1=O. The summed E-state index contributed by atoms with van der Waals surface area (Å²) in [6.45, 7) is 9.85. The quantitative estimate of drug-likeness (QED) is 0.459. The molecule has 156 valence electrons. The molecule has 0 saturated carbocycles. The molecule has 0 fully saturated rings. The zero-order valence-corrected chi connectivity index (χ0v) is 18.2. The van der Waals surface area contributed by atoms with Crippen molar-refractivity contribution in [2.24, 2.45) is 0 Å². The van der Waals surface area contributed by atoms with E-state index in [0.717, 1.165) is 23.1 Å². The highest BCUT2D eigenvalue weighted by Crippen LogP contribution is 2.16. The number of benzene rings is 1. The number of nitrogens with zero attached hydrogens (tertiary/aromatic N) is 1. The van der Waals surface area contributed by atoms with Gasteiger partial charge in [0.25, 0.3) is 0 Å². The van der Waals surface area contributed by atoms with Crippen molar-refractivity contribution >= 4 is 10.9 Å². The van der Waals surface area contributed by atoms with Gasteiger partial charge in [0.05, 0.1) is 17.3 Å². The molecule has 29 heavy (non-hydrogen) atoms. The van der Waals surface area contributed by atoms with Crippen LogP contribution in [0.1, 0.15) is 58.2 Å². The van der Waals surface area contributed by atoms with E-state index in [-0.39, 0.29) is 5.43 Å². The molecule has 4 nitrogen and oxygen atoms in total. The molecule has 0 aliphatic carbocycles. The lowest BCUT2D eigenvalue weighted by atomic mass is 10.0. The summed E-state index contributed by atoms with van der Waals surface area (Å²) in [5.41, 5.74) is 5.23. The van der Waals surface area contributed by atoms with Gasteiger partial charge in [0.15, 0.2) is 5.43 Å². The Labute approximate surface area is 173 Å².